The molecular weight excluding hydrogens is 292 g/mol. The maximum absolute atomic E-state index is 11.0. The highest BCUT2D eigenvalue weighted by Crippen LogP contribution is 2.35. The molecule has 120 valence electrons. The van der Waals surface area contributed by atoms with Crippen molar-refractivity contribution < 1.29 is 37.3 Å². The van der Waals surface area contributed by atoms with Crippen LogP contribution in [0.3, 0.4) is 0 Å². The smallest absolute Gasteiger partial charge is 0.397 e. The van der Waals surface area contributed by atoms with Gasteiger partial charge in [-0.25, -0.2) is 4.18 Å². The number of carboxylic acid groups (broad SMARTS) is 1. The van der Waals surface area contributed by atoms with Gasteiger partial charge in [-0.15, -0.1) is 0 Å². The predicted molar refractivity (Wildman–Crippen MR) is 69.3 cm³/mol. The van der Waals surface area contributed by atoms with E-state index in [1.807, 2.05) is 0 Å². The Morgan fingerprint density at radius 2 is 1.70 bits per heavy atom. The Balaban J connectivity index is 5.28. The molecule has 0 aromatic carbocycles. The van der Waals surface area contributed by atoms with Gasteiger partial charge in [0.25, 0.3) is 0 Å². The Morgan fingerprint density at radius 3 is 1.95 bits per heavy atom. The lowest BCUT2D eigenvalue weighted by atomic mass is 9.73. The van der Waals surface area contributed by atoms with Crippen molar-refractivity contribution in [1.82, 2.24) is 0 Å². The summed E-state index contributed by atoms with van der Waals surface area (Å²) in [6, 6.07) is 0. The Bertz CT molecular complexity index is 411. The van der Waals surface area contributed by atoms with Gasteiger partial charge in [-0.2, -0.15) is 8.42 Å². The van der Waals surface area contributed by atoms with Crippen LogP contribution in [0.15, 0.2) is 0 Å². The van der Waals surface area contributed by atoms with E-state index in [-0.39, 0.29) is 6.42 Å². The molecule has 0 bridgehead atoms. The van der Waals surface area contributed by atoms with Crippen molar-refractivity contribution >= 4 is 16.4 Å². The van der Waals surface area contributed by atoms with Crippen molar-refractivity contribution in [2.24, 2.45) is 17.3 Å². The van der Waals surface area contributed by atoms with E-state index in [9.17, 15) is 18.3 Å². The van der Waals surface area contributed by atoms with E-state index in [1.54, 1.807) is 20.8 Å². The molecule has 0 aromatic rings. The third-order valence-electron chi connectivity index (χ3n) is 3.09. The standard InChI is InChI=1S/C11H22O8S/c1-11(2,3)8(4-7(5-12)10(14)15)9(6-13)19-20(16,17)18/h7-9,12-13H,4-6H2,1-3H3,(H,14,15)(H,16,17,18). The van der Waals surface area contributed by atoms with Gasteiger partial charge in [-0.3, -0.25) is 9.35 Å². The van der Waals surface area contributed by atoms with E-state index in [4.69, 9.17) is 14.8 Å². The van der Waals surface area contributed by atoms with Crippen LogP contribution in [0.25, 0.3) is 0 Å². The van der Waals surface area contributed by atoms with Gasteiger partial charge in [0.05, 0.1) is 19.1 Å². The molecular formula is C11H22O8S. The summed E-state index contributed by atoms with van der Waals surface area (Å²) in [5.41, 5.74) is -0.610. The van der Waals surface area contributed by atoms with Crippen molar-refractivity contribution in [3.63, 3.8) is 0 Å². The lowest BCUT2D eigenvalue weighted by molar-refractivity contribution is -0.144. The highest BCUT2D eigenvalue weighted by Gasteiger charge is 2.38. The largest absolute Gasteiger partial charge is 0.481 e. The zero-order chi connectivity index (χ0) is 16.1. The van der Waals surface area contributed by atoms with Crippen LogP contribution in [-0.4, -0.2) is 53.6 Å². The van der Waals surface area contributed by atoms with E-state index in [0.29, 0.717) is 0 Å². The van der Waals surface area contributed by atoms with Gasteiger partial charge in [0, 0.05) is 0 Å². The maximum Gasteiger partial charge on any atom is 0.397 e. The lowest BCUT2D eigenvalue weighted by Gasteiger charge is -2.36. The van der Waals surface area contributed by atoms with Crippen LogP contribution in [0.5, 0.6) is 0 Å². The quantitative estimate of drug-likeness (QED) is 0.455. The van der Waals surface area contributed by atoms with Crippen molar-refractivity contribution in [2.45, 2.75) is 33.3 Å². The van der Waals surface area contributed by atoms with Crippen LogP contribution in [0, 0.1) is 17.3 Å². The predicted octanol–water partition coefficient (Wildman–Crippen LogP) is -0.0878. The van der Waals surface area contributed by atoms with Gasteiger partial charge in [0.2, 0.25) is 0 Å². The molecule has 0 radical (unpaired) electrons. The molecule has 9 heteroatoms. The van der Waals surface area contributed by atoms with Gasteiger partial charge in [-0.05, 0) is 17.8 Å². The summed E-state index contributed by atoms with van der Waals surface area (Å²) in [6.07, 6.45) is -1.39. The topological polar surface area (TPSA) is 141 Å². The second-order valence-corrected chi connectivity index (χ2v) is 6.72. The molecule has 0 heterocycles. The molecule has 4 N–H and O–H groups in total. The number of aliphatic hydroxyl groups excluding tert-OH is 2. The summed E-state index contributed by atoms with van der Waals surface area (Å²) in [5.74, 6) is -3.05. The van der Waals surface area contributed by atoms with Crippen LogP contribution in [0.1, 0.15) is 27.2 Å². The number of carboxylic acids is 1. The van der Waals surface area contributed by atoms with E-state index in [1.165, 1.54) is 0 Å². The fourth-order valence-corrected chi connectivity index (χ4v) is 2.51. The van der Waals surface area contributed by atoms with E-state index >= 15 is 0 Å². The molecule has 0 spiro atoms. The summed E-state index contributed by atoms with van der Waals surface area (Å²) in [5, 5.41) is 27.2. The number of carbonyl (C=O) groups is 1. The van der Waals surface area contributed by atoms with Gasteiger partial charge in [0.15, 0.2) is 0 Å². The number of rotatable bonds is 8. The van der Waals surface area contributed by atoms with Gasteiger partial charge < -0.3 is 15.3 Å². The molecule has 8 nitrogen and oxygen atoms in total. The van der Waals surface area contributed by atoms with Crippen molar-refractivity contribution in [3.8, 4) is 0 Å². The van der Waals surface area contributed by atoms with E-state index in [2.05, 4.69) is 4.18 Å². The number of aliphatic carboxylic acids is 1. The molecule has 0 amide bonds. The minimum atomic E-state index is -4.77. The molecule has 3 unspecified atom stereocenters. The van der Waals surface area contributed by atoms with Gasteiger partial charge in [-0.1, -0.05) is 20.8 Å². The number of hydrogen-bond acceptors (Lipinski definition) is 6. The average Bonchev–Trinajstić information content (AvgIpc) is 2.24. The summed E-state index contributed by atoms with van der Waals surface area (Å²) < 4.78 is 34.7. The highest BCUT2D eigenvalue weighted by molar-refractivity contribution is 7.80. The monoisotopic (exact) mass is 314 g/mol. The molecule has 0 aliphatic carbocycles. The first-order valence-corrected chi connectivity index (χ1v) is 7.39. The summed E-state index contributed by atoms with van der Waals surface area (Å²) in [4.78, 5) is 11.0. The van der Waals surface area contributed by atoms with E-state index < -0.39 is 52.9 Å². The Morgan fingerprint density at radius 1 is 1.20 bits per heavy atom. The first-order valence-electron chi connectivity index (χ1n) is 6.02. The second kappa shape index (κ2) is 7.32. The van der Waals surface area contributed by atoms with Crippen LogP contribution >= 0.6 is 0 Å². The molecule has 0 rings (SSSR count). The van der Waals surface area contributed by atoms with Crippen LogP contribution in [0.4, 0.5) is 0 Å². The number of hydrogen-bond donors (Lipinski definition) is 4. The third-order valence-corrected chi connectivity index (χ3v) is 3.58. The fourth-order valence-electron chi connectivity index (χ4n) is 2.00. The molecule has 20 heavy (non-hydrogen) atoms. The van der Waals surface area contributed by atoms with Crippen LogP contribution in [0.2, 0.25) is 0 Å². The zero-order valence-corrected chi connectivity index (χ0v) is 12.5. The Hall–Kier alpha value is -0.740. The summed E-state index contributed by atoms with van der Waals surface area (Å²) in [6.45, 7) is 3.81. The minimum Gasteiger partial charge on any atom is -0.481 e. The molecule has 0 fully saturated rings. The molecule has 0 aliphatic rings. The van der Waals surface area contributed by atoms with Gasteiger partial charge >= 0.3 is 16.4 Å². The van der Waals surface area contributed by atoms with Crippen molar-refractivity contribution in [3.05, 3.63) is 0 Å². The molecule has 0 aromatic heterocycles. The maximum atomic E-state index is 11.0. The third kappa shape index (κ3) is 6.62. The minimum absolute atomic E-state index is 0.101. The Labute approximate surface area is 118 Å². The highest BCUT2D eigenvalue weighted by atomic mass is 32.3. The number of aliphatic hydroxyl groups is 2. The fraction of sp³-hybridized carbons (Fsp3) is 0.909. The lowest BCUT2D eigenvalue weighted by Crippen LogP contribution is -2.40. The SMILES string of the molecule is CC(C)(C)C(CC(CO)C(=O)O)C(CO)OS(=O)(=O)O. The first kappa shape index (κ1) is 19.3. The molecule has 3 atom stereocenters. The molecule has 0 aliphatic heterocycles. The molecule has 0 saturated heterocycles. The van der Waals surface area contributed by atoms with Crippen molar-refractivity contribution in [1.29, 1.82) is 0 Å². The summed E-state index contributed by atoms with van der Waals surface area (Å²) in [7, 11) is -4.77. The second-order valence-electron chi connectivity index (χ2n) is 5.67. The van der Waals surface area contributed by atoms with Crippen molar-refractivity contribution in [2.75, 3.05) is 13.2 Å². The Kier molecular flexibility index (Phi) is 7.05. The normalized spacial score (nSPS) is 17.5. The van der Waals surface area contributed by atoms with Crippen LogP contribution in [-0.2, 0) is 19.4 Å². The first-order chi connectivity index (χ1) is 8.92. The van der Waals surface area contributed by atoms with Crippen LogP contribution < -0.4 is 0 Å². The average molecular weight is 314 g/mol. The zero-order valence-electron chi connectivity index (χ0n) is 11.7. The van der Waals surface area contributed by atoms with Gasteiger partial charge in [0.1, 0.15) is 6.10 Å². The van der Waals surface area contributed by atoms with E-state index in [0.717, 1.165) is 0 Å². The summed E-state index contributed by atoms with van der Waals surface area (Å²) >= 11 is 0. The molecule has 0 saturated carbocycles.